The van der Waals surface area contributed by atoms with Gasteiger partial charge in [-0.05, 0) is 62.2 Å². The highest BCUT2D eigenvalue weighted by molar-refractivity contribution is 7.92. The van der Waals surface area contributed by atoms with Gasteiger partial charge in [-0.3, -0.25) is 14.3 Å². The number of ketones is 1. The van der Waals surface area contributed by atoms with Crippen molar-refractivity contribution >= 4 is 71.8 Å². The molecule has 1 amide bonds. The molecule has 3 N–H and O–H groups in total. The molecular formula is C37H58ClN5O6S2. The van der Waals surface area contributed by atoms with Crippen molar-refractivity contribution in [1.82, 2.24) is 4.72 Å². The predicted molar refractivity (Wildman–Crippen MR) is 213 cm³/mol. The van der Waals surface area contributed by atoms with Gasteiger partial charge < -0.3 is 10.2 Å². The van der Waals surface area contributed by atoms with Crippen molar-refractivity contribution in [3.05, 3.63) is 47.0 Å². The number of likely N-dealkylation sites (N-methyl/N-ethyl adjacent to an activating group) is 1. The first-order valence-electron chi connectivity index (χ1n) is 17.9. The third-order valence-corrected chi connectivity index (χ3v) is 10.7. The van der Waals surface area contributed by atoms with Crippen LogP contribution in [0.1, 0.15) is 104 Å². The van der Waals surface area contributed by atoms with E-state index in [4.69, 9.17) is 11.6 Å². The van der Waals surface area contributed by atoms with Crippen molar-refractivity contribution < 1.29 is 26.4 Å². The Hall–Kier alpha value is -3.00. The lowest BCUT2D eigenvalue weighted by Crippen LogP contribution is -2.37. The van der Waals surface area contributed by atoms with Crippen LogP contribution in [0.4, 0.5) is 22.7 Å². The molecule has 0 unspecified atom stereocenters. The first-order chi connectivity index (χ1) is 23.9. The van der Waals surface area contributed by atoms with Gasteiger partial charge in [-0.15, -0.1) is 0 Å². The maximum absolute atomic E-state index is 13.7. The van der Waals surface area contributed by atoms with Crippen LogP contribution >= 0.6 is 11.6 Å². The van der Waals surface area contributed by atoms with Crippen LogP contribution in [0.15, 0.2) is 41.4 Å². The van der Waals surface area contributed by atoms with Crippen molar-refractivity contribution in [2.45, 2.75) is 106 Å². The summed E-state index contributed by atoms with van der Waals surface area (Å²) in [7, 11) is -6.95. The van der Waals surface area contributed by atoms with Crippen LogP contribution in [0, 0.1) is 12.3 Å². The lowest BCUT2D eigenvalue weighted by Gasteiger charge is -2.24. The van der Waals surface area contributed by atoms with Gasteiger partial charge in [0.05, 0.1) is 34.1 Å². The number of amides is 1. The van der Waals surface area contributed by atoms with E-state index in [-0.39, 0.29) is 34.4 Å². The van der Waals surface area contributed by atoms with E-state index < -0.39 is 37.2 Å². The summed E-state index contributed by atoms with van der Waals surface area (Å²) in [4.78, 5) is 33.7. The molecule has 0 aliphatic rings. The zero-order valence-electron chi connectivity index (χ0n) is 31.4. The third kappa shape index (κ3) is 16.5. The Labute approximate surface area is 311 Å². The largest absolute Gasteiger partial charge is 0.370 e. The standard InChI is InChI=1S/C37H58ClN5O6S2/c1-8-10-11-12-13-14-15-16-17-18-25-51(48,49)42-29-19-21-31(38)33(27-29)41-36(45)34(35(44)37(4,5)6)40-32-22-20-30(26-28(32)3)43(9-2)24-23-39-50(7,46)47/h19-22,26-27,39,42H,8-18,23-25H2,1-7H3,(H,41,45). The number of nitrogens with one attached hydrogen (secondary N) is 3. The predicted octanol–water partition coefficient (Wildman–Crippen LogP) is 8.01. The molecule has 0 bridgehead atoms. The number of carbonyl (C=O) groups excluding carboxylic acids is 2. The number of halogens is 1. The Balaban J connectivity index is 2.17. The lowest BCUT2D eigenvalue weighted by molar-refractivity contribution is -0.121. The van der Waals surface area contributed by atoms with Crippen LogP contribution in [0.5, 0.6) is 0 Å². The minimum atomic E-state index is -3.64. The molecule has 0 radical (unpaired) electrons. The Morgan fingerprint density at radius 3 is 2.02 bits per heavy atom. The second-order valence-electron chi connectivity index (χ2n) is 14.0. The van der Waals surface area contributed by atoms with Gasteiger partial charge in [0.25, 0.3) is 5.91 Å². The molecule has 0 saturated carbocycles. The molecule has 0 saturated heterocycles. The average Bonchev–Trinajstić information content (AvgIpc) is 3.03. The molecule has 11 nitrogen and oxygen atoms in total. The van der Waals surface area contributed by atoms with Crippen molar-refractivity contribution in [3.63, 3.8) is 0 Å². The van der Waals surface area contributed by atoms with Crippen LogP contribution in [0.3, 0.4) is 0 Å². The monoisotopic (exact) mass is 767 g/mol. The first-order valence-corrected chi connectivity index (χ1v) is 21.8. The summed E-state index contributed by atoms with van der Waals surface area (Å²) in [6, 6.07) is 9.79. The molecule has 0 aromatic heterocycles. The molecule has 2 aromatic carbocycles. The quantitative estimate of drug-likeness (QED) is 0.0588. The van der Waals surface area contributed by atoms with Crippen molar-refractivity contribution in [3.8, 4) is 0 Å². The summed E-state index contributed by atoms with van der Waals surface area (Å²) in [5.41, 5.74) is 1.04. The van der Waals surface area contributed by atoms with Crippen LogP contribution in [0.25, 0.3) is 0 Å². The summed E-state index contributed by atoms with van der Waals surface area (Å²) in [5, 5.41) is 2.83. The number of benzene rings is 2. The normalized spacial score (nSPS) is 12.5. The molecule has 0 aliphatic heterocycles. The summed E-state index contributed by atoms with van der Waals surface area (Å²) >= 11 is 6.41. The number of aliphatic imine (C=N–C) groups is 1. The number of Topliss-reactive ketones (excluding diaryl/α,β-unsaturated/α-hetero) is 1. The third-order valence-electron chi connectivity index (χ3n) is 8.27. The smallest absolute Gasteiger partial charge is 0.278 e. The van der Waals surface area contributed by atoms with Gasteiger partial charge in [0.1, 0.15) is 0 Å². The highest BCUT2D eigenvalue weighted by Gasteiger charge is 2.31. The van der Waals surface area contributed by atoms with Gasteiger partial charge >= 0.3 is 0 Å². The van der Waals surface area contributed by atoms with Crippen LogP contribution in [-0.2, 0) is 29.6 Å². The Bertz CT molecular complexity index is 1710. The van der Waals surface area contributed by atoms with E-state index in [0.29, 0.717) is 30.8 Å². The topological polar surface area (TPSA) is 154 Å². The number of sulfonamides is 2. The number of aryl methyl sites for hydroxylation is 1. The summed E-state index contributed by atoms with van der Waals surface area (Å²) in [6.45, 7) is 12.3. The van der Waals surface area contributed by atoms with Gasteiger partial charge in [0.2, 0.25) is 20.0 Å². The number of rotatable bonds is 23. The molecule has 0 heterocycles. The molecule has 0 spiro atoms. The molecule has 51 heavy (non-hydrogen) atoms. The highest BCUT2D eigenvalue weighted by Crippen LogP contribution is 2.29. The minimum Gasteiger partial charge on any atom is -0.370 e. The van der Waals surface area contributed by atoms with Crippen LogP contribution < -0.4 is 19.7 Å². The summed E-state index contributed by atoms with van der Waals surface area (Å²) < 4.78 is 53.7. The van der Waals surface area contributed by atoms with Crippen molar-refractivity contribution in [2.24, 2.45) is 10.4 Å². The lowest BCUT2D eigenvalue weighted by atomic mass is 9.87. The van der Waals surface area contributed by atoms with Gasteiger partial charge in [-0.1, -0.05) is 97.1 Å². The number of hydrogen-bond donors (Lipinski definition) is 3. The van der Waals surface area contributed by atoms with E-state index in [1.54, 1.807) is 32.9 Å². The fourth-order valence-electron chi connectivity index (χ4n) is 5.35. The maximum Gasteiger partial charge on any atom is 0.278 e. The van der Waals surface area contributed by atoms with E-state index in [1.165, 1.54) is 56.7 Å². The summed E-state index contributed by atoms with van der Waals surface area (Å²) in [6.07, 6.45) is 12.1. The van der Waals surface area contributed by atoms with Crippen LogP contribution in [0.2, 0.25) is 5.02 Å². The Kier molecular flexibility index (Phi) is 18.1. The molecule has 2 aromatic rings. The van der Waals surface area contributed by atoms with E-state index >= 15 is 0 Å². The maximum atomic E-state index is 13.7. The second-order valence-corrected chi connectivity index (χ2v) is 18.1. The molecule has 0 aliphatic carbocycles. The van der Waals surface area contributed by atoms with E-state index in [2.05, 4.69) is 26.7 Å². The minimum absolute atomic E-state index is 0.0175. The van der Waals surface area contributed by atoms with E-state index in [9.17, 15) is 26.4 Å². The van der Waals surface area contributed by atoms with Gasteiger partial charge in [-0.2, -0.15) is 0 Å². The number of hydrogen-bond acceptors (Lipinski definition) is 8. The molecule has 0 fully saturated rings. The molecule has 0 atom stereocenters. The van der Waals surface area contributed by atoms with E-state index in [1.807, 2.05) is 24.8 Å². The van der Waals surface area contributed by atoms with Gasteiger partial charge in [-0.25, -0.2) is 26.6 Å². The molecule has 286 valence electrons. The van der Waals surface area contributed by atoms with Crippen molar-refractivity contribution in [1.29, 1.82) is 0 Å². The number of unbranched alkanes of at least 4 members (excludes halogenated alkanes) is 9. The SMILES string of the molecule is CCCCCCCCCCCCS(=O)(=O)Nc1ccc(Cl)c(NC(=O)C(=Nc2ccc(N(CC)CCNS(C)(=O)=O)cc2C)C(=O)C(C)(C)C)c1. The van der Waals surface area contributed by atoms with Crippen molar-refractivity contribution in [2.75, 3.05) is 46.6 Å². The fraction of sp³-hybridized carbons (Fsp3) is 0.595. The van der Waals surface area contributed by atoms with E-state index in [0.717, 1.165) is 31.2 Å². The molecular weight excluding hydrogens is 710 g/mol. The fourth-order valence-corrected chi connectivity index (χ4v) is 7.15. The zero-order valence-corrected chi connectivity index (χ0v) is 33.8. The molecule has 2 rings (SSSR count). The van der Waals surface area contributed by atoms with Gasteiger partial charge in [0, 0.05) is 30.7 Å². The number of carbonyl (C=O) groups is 2. The number of anilines is 3. The Morgan fingerprint density at radius 1 is 0.863 bits per heavy atom. The highest BCUT2D eigenvalue weighted by atomic mass is 35.5. The second kappa shape index (κ2) is 20.9. The number of nitrogens with zero attached hydrogens (tertiary/aromatic N) is 2. The molecule has 14 heteroatoms. The first kappa shape index (κ1) is 44.2. The Morgan fingerprint density at radius 2 is 1.47 bits per heavy atom. The van der Waals surface area contributed by atoms with Crippen LogP contribution in [-0.4, -0.2) is 65.9 Å². The summed E-state index contributed by atoms with van der Waals surface area (Å²) in [5.74, 6) is -1.29. The zero-order chi connectivity index (χ0) is 38.2. The average molecular weight is 768 g/mol. The van der Waals surface area contributed by atoms with Gasteiger partial charge in [0.15, 0.2) is 11.5 Å².